The summed E-state index contributed by atoms with van der Waals surface area (Å²) < 4.78 is 15.6. The van der Waals surface area contributed by atoms with Gasteiger partial charge in [0.15, 0.2) is 12.4 Å². The van der Waals surface area contributed by atoms with E-state index in [-0.39, 0.29) is 17.4 Å². The van der Waals surface area contributed by atoms with E-state index in [4.69, 9.17) is 37.2 Å². The molecule has 162 valence electrons. The quantitative estimate of drug-likeness (QED) is 0.246. The van der Waals surface area contributed by atoms with Gasteiger partial charge in [0, 0.05) is 32.8 Å². The molecular weight excluding hydrogens is 453 g/mol. The molecule has 32 heavy (non-hydrogen) atoms. The molecule has 2 aromatic carbocycles. The summed E-state index contributed by atoms with van der Waals surface area (Å²) in [6.45, 7) is 1.87. The average Bonchev–Trinajstić information content (AvgIpc) is 3.22. The van der Waals surface area contributed by atoms with Gasteiger partial charge in [-0.3, -0.25) is 4.79 Å². The highest BCUT2D eigenvalue weighted by Crippen LogP contribution is 2.37. The molecule has 1 aliphatic carbocycles. The lowest BCUT2D eigenvalue weighted by atomic mass is 9.98. The molecule has 0 fully saturated rings. The second-order valence-corrected chi connectivity index (χ2v) is 7.65. The number of carbonyl (C=O) groups excluding carboxylic acids is 2. The minimum atomic E-state index is -0.434. The van der Waals surface area contributed by atoms with Gasteiger partial charge >= 0.3 is 5.97 Å². The van der Waals surface area contributed by atoms with Crippen molar-refractivity contribution in [3.63, 3.8) is 0 Å². The Kier molecular flexibility index (Phi) is 6.44. The zero-order valence-electron chi connectivity index (χ0n) is 16.9. The highest BCUT2D eigenvalue weighted by Gasteiger charge is 2.23. The van der Waals surface area contributed by atoms with Crippen molar-refractivity contribution < 1.29 is 23.6 Å². The number of carbonyl (C=O) groups is 2. The number of nitrogens with zero attached hydrogens (tertiary/aromatic N) is 1. The van der Waals surface area contributed by atoms with Gasteiger partial charge in [-0.05, 0) is 55.5 Å². The number of ether oxygens (including phenoxy) is 2. The van der Waals surface area contributed by atoms with Gasteiger partial charge in [-0.2, -0.15) is 0 Å². The molecule has 0 N–H and O–H groups in total. The van der Waals surface area contributed by atoms with E-state index < -0.39 is 5.97 Å². The van der Waals surface area contributed by atoms with Crippen LogP contribution in [-0.4, -0.2) is 30.1 Å². The van der Waals surface area contributed by atoms with Crippen LogP contribution in [0.1, 0.15) is 22.8 Å². The van der Waals surface area contributed by atoms with E-state index in [1.807, 2.05) is 6.07 Å². The lowest BCUT2D eigenvalue weighted by Gasteiger charge is -2.09. The van der Waals surface area contributed by atoms with Crippen LogP contribution in [0.2, 0.25) is 10.0 Å². The molecule has 6 nitrogen and oxygen atoms in total. The van der Waals surface area contributed by atoms with Crippen molar-refractivity contribution in [3.8, 4) is 28.1 Å². The Morgan fingerprint density at radius 3 is 2.44 bits per heavy atom. The first kappa shape index (κ1) is 21.9. The number of hydrogen-bond donors (Lipinski definition) is 0. The van der Waals surface area contributed by atoms with E-state index >= 15 is 0 Å². The summed E-state index contributed by atoms with van der Waals surface area (Å²) in [5.41, 5.74) is 3.51. The number of benzene rings is 2. The average molecular weight is 470 g/mol. The maximum Gasteiger partial charge on any atom is 0.344 e. The molecule has 4 rings (SSSR count). The topological polar surface area (TPSA) is 78.6 Å². The lowest BCUT2D eigenvalue weighted by Crippen LogP contribution is -2.14. The molecule has 8 heteroatoms. The van der Waals surface area contributed by atoms with E-state index in [2.05, 4.69) is 5.16 Å². The van der Waals surface area contributed by atoms with Crippen molar-refractivity contribution >= 4 is 35.0 Å². The number of fused-ring (bicyclic) bond motifs is 1. The minimum absolute atomic E-state index is 0.169. The number of rotatable bonds is 7. The fraction of sp³-hybridized carbons (Fsp3) is 0.125. The molecule has 0 amide bonds. The van der Waals surface area contributed by atoms with Crippen LogP contribution in [0.25, 0.3) is 22.4 Å². The third-order valence-electron chi connectivity index (χ3n) is 4.78. The smallest absolute Gasteiger partial charge is 0.344 e. The monoisotopic (exact) mass is 469 g/mol. The Morgan fingerprint density at radius 2 is 1.72 bits per heavy atom. The molecular formula is C24H17Cl2NO5. The molecule has 0 unspecified atom stereocenters. The van der Waals surface area contributed by atoms with E-state index in [0.29, 0.717) is 39.8 Å². The van der Waals surface area contributed by atoms with Gasteiger partial charge < -0.3 is 14.0 Å². The Hall–Kier alpha value is -3.35. The molecule has 1 heterocycles. The summed E-state index contributed by atoms with van der Waals surface area (Å²) in [5.74, 6) is -0.157. The van der Waals surface area contributed by atoms with Crippen LogP contribution in [0.4, 0.5) is 0 Å². The third-order valence-corrected chi connectivity index (χ3v) is 5.32. The summed E-state index contributed by atoms with van der Waals surface area (Å²) in [7, 11) is 0. The standard InChI is InChI=1S/C24H17Cl2NO5/c1-2-30-22(28)13-31-16-6-3-14(4-7-16)23-17-9-10-18(20(17)12-32-27-23)24(29)19-8-5-15(25)11-21(19)26/h3-12H,2,13H2,1H3. The first-order valence-electron chi connectivity index (χ1n) is 9.73. The summed E-state index contributed by atoms with van der Waals surface area (Å²) in [4.78, 5) is 24.5. The van der Waals surface area contributed by atoms with Gasteiger partial charge in [0.25, 0.3) is 0 Å². The molecule has 1 aliphatic heterocycles. The summed E-state index contributed by atoms with van der Waals surface area (Å²) in [5, 5.41) is 4.87. The Morgan fingerprint density at radius 1 is 0.969 bits per heavy atom. The van der Waals surface area contributed by atoms with Crippen molar-refractivity contribution in [2.75, 3.05) is 13.2 Å². The molecule has 0 atom stereocenters. The van der Waals surface area contributed by atoms with E-state index in [0.717, 1.165) is 11.1 Å². The van der Waals surface area contributed by atoms with Crippen LogP contribution in [0.15, 0.2) is 65.4 Å². The van der Waals surface area contributed by atoms with Crippen LogP contribution >= 0.6 is 23.2 Å². The van der Waals surface area contributed by atoms with Crippen molar-refractivity contribution in [2.24, 2.45) is 0 Å². The minimum Gasteiger partial charge on any atom is -0.482 e. The summed E-state index contributed by atoms with van der Waals surface area (Å²) in [6.07, 6.45) is 1.44. The third kappa shape index (κ3) is 4.47. The summed E-state index contributed by atoms with van der Waals surface area (Å²) >= 11 is 12.2. The second kappa shape index (κ2) is 9.42. The van der Waals surface area contributed by atoms with Gasteiger partial charge in [-0.1, -0.05) is 34.4 Å². The zero-order valence-corrected chi connectivity index (χ0v) is 18.4. The van der Waals surface area contributed by atoms with Crippen LogP contribution in [0.3, 0.4) is 0 Å². The predicted molar refractivity (Wildman–Crippen MR) is 121 cm³/mol. The molecule has 2 aliphatic rings. The number of esters is 1. The number of hydrogen-bond acceptors (Lipinski definition) is 6. The summed E-state index contributed by atoms with van der Waals surface area (Å²) in [6, 6.07) is 15.3. The number of ketones is 1. The van der Waals surface area contributed by atoms with Crippen molar-refractivity contribution in [1.29, 1.82) is 0 Å². The highest BCUT2D eigenvalue weighted by atomic mass is 35.5. The molecule has 2 aromatic rings. The van der Waals surface area contributed by atoms with Crippen molar-refractivity contribution in [3.05, 3.63) is 82.0 Å². The maximum absolute atomic E-state index is 13.1. The van der Waals surface area contributed by atoms with E-state index in [1.165, 1.54) is 12.3 Å². The van der Waals surface area contributed by atoms with Gasteiger partial charge in [-0.15, -0.1) is 0 Å². The number of aromatic nitrogens is 1. The fourth-order valence-electron chi connectivity index (χ4n) is 3.28. The Labute approximate surface area is 194 Å². The van der Waals surface area contributed by atoms with Crippen LogP contribution < -0.4 is 4.74 Å². The lowest BCUT2D eigenvalue weighted by molar-refractivity contribution is -0.145. The van der Waals surface area contributed by atoms with Gasteiger partial charge in [0.1, 0.15) is 17.7 Å². The Bertz CT molecular complexity index is 1250. The zero-order chi connectivity index (χ0) is 22.7. The first-order chi connectivity index (χ1) is 15.5. The van der Waals surface area contributed by atoms with Crippen LogP contribution in [0.5, 0.6) is 5.75 Å². The second-order valence-electron chi connectivity index (χ2n) is 6.81. The molecule has 0 radical (unpaired) electrons. The molecule has 0 saturated carbocycles. The van der Waals surface area contributed by atoms with Gasteiger partial charge in [0.2, 0.25) is 0 Å². The van der Waals surface area contributed by atoms with Crippen LogP contribution in [0, 0.1) is 0 Å². The molecule has 0 saturated heterocycles. The largest absolute Gasteiger partial charge is 0.482 e. The van der Waals surface area contributed by atoms with Gasteiger partial charge in [0.05, 0.1) is 11.6 Å². The first-order valence-corrected chi connectivity index (χ1v) is 10.5. The normalized spacial score (nSPS) is 10.8. The predicted octanol–water partition coefficient (Wildman–Crippen LogP) is 5.93. The molecule has 0 aromatic heterocycles. The fourth-order valence-corrected chi connectivity index (χ4v) is 3.78. The SMILES string of the molecule is CCOC(=O)COc1ccc(-c2nocc3c(C(=O)c4ccc(Cl)cc4Cl)ccc2-3)cc1. The van der Waals surface area contributed by atoms with E-state index in [9.17, 15) is 9.59 Å². The van der Waals surface area contributed by atoms with Crippen molar-refractivity contribution in [2.45, 2.75) is 6.92 Å². The van der Waals surface area contributed by atoms with Crippen molar-refractivity contribution in [1.82, 2.24) is 5.16 Å². The molecule has 0 spiro atoms. The highest BCUT2D eigenvalue weighted by molar-refractivity contribution is 6.37. The van der Waals surface area contributed by atoms with Gasteiger partial charge in [-0.25, -0.2) is 4.79 Å². The maximum atomic E-state index is 13.1. The van der Waals surface area contributed by atoms with Crippen LogP contribution in [-0.2, 0) is 9.53 Å². The van der Waals surface area contributed by atoms with E-state index in [1.54, 1.807) is 49.4 Å². The molecule has 0 bridgehead atoms. The Balaban J connectivity index is 1.58. The number of halogens is 2.